The van der Waals surface area contributed by atoms with E-state index in [1.807, 2.05) is 121 Å². The number of rotatable bonds is 21. The summed E-state index contributed by atoms with van der Waals surface area (Å²) >= 11 is 0. The SMILES string of the molecule is C=CCO[C@@H]1O[C@H](COCc2ccccc2)[C@@H](OC2O[C@H](COCc3ccccc3)[C@@H](OCc3ccccc3)[C@H](OCc3ccccc3)[C@H]2O)[C@H](OC(C)=O)[C@H]1N1C(=O)c2ccccc2C1=O. The zero-order valence-electron chi connectivity index (χ0n) is 37.2. The average Bonchev–Trinajstić information content (AvgIpc) is 3.60. The van der Waals surface area contributed by atoms with Crippen molar-refractivity contribution in [1.29, 1.82) is 0 Å². The van der Waals surface area contributed by atoms with Crippen LogP contribution in [0, 0.1) is 0 Å². The number of aliphatic hydroxyl groups excluding tert-OH is 1. The number of fused-ring (bicyclic) bond motifs is 1. The number of imide groups is 1. The van der Waals surface area contributed by atoms with Gasteiger partial charge in [-0.05, 0) is 34.4 Å². The summed E-state index contributed by atoms with van der Waals surface area (Å²) in [6, 6.07) is 43.2. The Morgan fingerprint density at radius 3 is 1.49 bits per heavy atom. The lowest BCUT2D eigenvalue weighted by atomic mass is 9.94. The summed E-state index contributed by atoms with van der Waals surface area (Å²) in [4.78, 5) is 42.7. The van der Waals surface area contributed by atoms with E-state index in [0.29, 0.717) is 0 Å². The lowest BCUT2D eigenvalue weighted by Gasteiger charge is -2.50. The number of hydrogen-bond acceptors (Lipinski definition) is 13. The summed E-state index contributed by atoms with van der Waals surface area (Å²) in [5.74, 6) is -2.04. The molecule has 3 heterocycles. The van der Waals surface area contributed by atoms with E-state index in [1.165, 1.54) is 13.0 Å². The summed E-state index contributed by atoms with van der Waals surface area (Å²) in [7, 11) is 0. The summed E-state index contributed by atoms with van der Waals surface area (Å²) in [6.07, 6.45) is -9.70. The first-order valence-electron chi connectivity index (χ1n) is 22.3. The molecular formula is C53H55NO13. The van der Waals surface area contributed by atoms with Crippen LogP contribution in [0.15, 0.2) is 158 Å². The maximum Gasteiger partial charge on any atom is 0.303 e. The van der Waals surface area contributed by atoms with Crippen molar-refractivity contribution in [2.24, 2.45) is 0 Å². The van der Waals surface area contributed by atoms with Crippen LogP contribution in [0.4, 0.5) is 0 Å². The minimum Gasteiger partial charge on any atom is -0.457 e. The molecule has 67 heavy (non-hydrogen) atoms. The normalized spacial score (nSPS) is 26.0. The lowest BCUT2D eigenvalue weighted by molar-refractivity contribution is -0.359. The van der Waals surface area contributed by atoms with Gasteiger partial charge in [-0.25, -0.2) is 0 Å². The Bertz CT molecular complexity index is 2340. The zero-order valence-corrected chi connectivity index (χ0v) is 37.2. The standard InChI is InChI=1S/C53H55NO13/c1-3-28-61-52-44(54-50(57)40-26-16-17-27-41(40)51(54)58)48(64-35(2)55)47(43(65-52)34-60-30-37-20-10-5-11-21-37)67-53-45(56)49(63-32-39-24-14-7-15-25-39)46(62-31-38-22-12-6-13-23-38)42(66-53)33-59-29-36-18-8-4-9-19-36/h3-27,42-49,52-53,56H,1,28-34H2,2H3/t42-,43-,44-,45-,46-,47-,48-,49-,52-,53?/m1/s1. The Morgan fingerprint density at radius 1 is 0.582 bits per heavy atom. The first-order chi connectivity index (χ1) is 32.8. The first-order valence-corrected chi connectivity index (χ1v) is 22.3. The third kappa shape index (κ3) is 11.8. The van der Waals surface area contributed by atoms with Gasteiger partial charge in [-0.2, -0.15) is 0 Å². The molecule has 0 spiro atoms. The third-order valence-electron chi connectivity index (χ3n) is 11.7. The number of aliphatic hydroxyl groups is 1. The van der Waals surface area contributed by atoms with Gasteiger partial charge in [0.2, 0.25) is 0 Å². The second-order valence-corrected chi connectivity index (χ2v) is 16.4. The van der Waals surface area contributed by atoms with E-state index in [-0.39, 0.29) is 57.4 Å². The van der Waals surface area contributed by atoms with Crippen molar-refractivity contribution in [3.63, 3.8) is 0 Å². The Labute approximate surface area is 389 Å². The predicted molar refractivity (Wildman–Crippen MR) is 243 cm³/mol. The molecule has 2 saturated heterocycles. The van der Waals surface area contributed by atoms with Crippen LogP contribution in [-0.2, 0) is 73.9 Å². The fourth-order valence-corrected chi connectivity index (χ4v) is 8.52. The lowest BCUT2D eigenvalue weighted by Crippen LogP contribution is -2.69. The highest BCUT2D eigenvalue weighted by atomic mass is 16.7. The van der Waals surface area contributed by atoms with E-state index in [0.717, 1.165) is 27.2 Å². The van der Waals surface area contributed by atoms with Crippen LogP contribution in [0.5, 0.6) is 0 Å². The molecule has 0 aliphatic carbocycles. The number of amides is 2. The highest BCUT2D eigenvalue weighted by Gasteiger charge is 2.58. The summed E-state index contributed by atoms with van der Waals surface area (Å²) in [5, 5.41) is 12.5. The molecule has 3 aliphatic rings. The fraction of sp³-hybridized carbons (Fsp3) is 0.340. The molecule has 0 radical (unpaired) electrons. The van der Waals surface area contributed by atoms with E-state index < -0.39 is 79.1 Å². The van der Waals surface area contributed by atoms with Gasteiger partial charge in [0.1, 0.15) is 42.7 Å². The van der Waals surface area contributed by atoms with Crippen LogP contribution >= 0.6 is 0 Å². The second kappa shape index (κ2) is 23.2. The highest BCUT2D eigenvalue weighted by Crippen LogP contribution is 2.38. The monoisotopic (exact) mass is 913 g/mol. The number of benzene rings is 5. The van der Waals surface area contributed by atoms with E-state index in [4.69, 9.17) is 42.6 Å². The Kier molecular flexibility index (Phi) is 16.5. The zero-order chi connectivity index (χ0) is 46.5. The van der Waals surface area contributed by atoms with Crippen molar-refractivity contribution in [3.05, 3.63) is 192 Å². The smallest absolute Gasteiger partial charge is 0.303 e. The highest BCUT2D eigenvalue weighted by molar-refractivity contribution is 6.21. The molecule has 8 rings (SSSR count). The van der Waals surface area contributed by atoms with Gasteiger partial charge in [0, 0.05) is 6.92 Å². The van der Waals surface area contributed by atoms with Crippen molar-refractivity contribution in [1.82, 2.24) is 4.90 Å². The van der Waals surface area contributed by atoms with E-state index in [2.05, 4.69) is 6.58 Å². The van der Waals surface area contributed by atoms with Gasteiger partial charge in [-0.1, -0.05) is 140 Å². The number of ether oxygens (including phenoxy) is 9. The van der Waals surface area contributed by atoms with Gasteiger partial charge in [-0.3, -0.25) is 19.3 Å². The molecule has 0 saturated carbocycles. The Morgan fingerprint density at radius 2 is 1.01 bits per heavy atom. The largest absolute Gasteiger partial charge is 0.457 e. The minimum atomic E-state index is -1.54. The van der Waals surface area contributed by atoms with Crippen molar-refractivity contribution in [2.75, 3.05) is 19.8 Å². The predicted octanol–water partition coefficient (Wildman–Crippen LogP) is 6.59. The molecule has 350 valence electrons. The molecule has 1 N–H and O–H groups in total. The van der Waals surface area contributed by atoms with Crippen LogP contribution in [0.1, 0.15) is 49.9 Å². The third-order valence-corrected chi connectivity index (χ3v) is 11.7. The van der Waals surface area contributed by atoms with Gasteiger partial charge in [0.25, 0.3) is 11.8 Å². The Hall–Kier alpha value is -5.91. The number of esters is 1. The van der Waals surface area contributed by atoms with Gasteiger partial charge < -0.3 is 47.7 Å². The molecule has 2 fully saturated rings. The summed E-state index contributed by atoms with van der Waals surface area (Å²) in [6.45, 7) is 5.45. The van der Waals surface area contributed by atoms with Gasteiger partial charge in [0.15, 0.2) is 18.7 Å². The molecular weight excluding hydrogens is 859 g/mol. The van der Waals surface area contributed by atoms with Crippen molar-refractivity contribution in [2.45, 2.75) is 94.7 Å². The van der Waals surface area contributed by atoms with Crippen LogP contribution in [-0.4, -0.2) is 109 Å². The summed E-state index contributed by atoms with van der Waals surface area (Å²) in [5.41, 5.74) is 3.85. The molecule has 3 aliphatic heterocycles. The maximum absolute atomic E-state index is 14.3. The van der Waals surface area contributed by atoms with Crippen LogP contribution < -0.4 is 0 Å². The van der Waals surface area contributed by atoms with Crippen molar-refractivity contribution >= 4 is 17.8 Å². The number of carbonyl (C=O) groups excluding carboxylic acids is 3. The van der Waals surface area contributed by atoms with Crippen LogP contribution in [0.25, 0.3) is 0 Å². The Balaban J connectivity index is 1.16. The molecule has 14 heteroatoms. The molecule has 14 nitrogen and oxygen atoms in total. The van der Waals surface area contributed by atoms with Crippen LogP contribution in [0.2, 0.25) is 0 Å². The molecule has 0 bridgehead atoms. The number of carbonyl (C=O) groups is 3. The number of nitrogens with zero attached hydrogens (tertiary/aromatic N) is 1. The van der Waals surface area contributed by atoms with Gasteiger partial charge >= 0.3 is 5.97 Å². The molecule has 1 unspecified atom stereocenters. The van der Waals surface area contributed by atoms with Gasteiger partial charge in [-0.15, -0.1) is 6.58 Å². The topological polar surface area (TPSA) is 158 Å². The minimum absolute atomic E-state index is 0.0145. The van der Waals surface area contributed by atoms with Gasteiger partial charge in [0.05, 0.1) is 57.4 Å². The van der Waals surface area contributed by atoms with E-state index in [1.54, 1.807) is 24.3 Å². The number of hydrogen-bond donors (Lipinski definition) is 1. The first kappa shape index (κ1) is 47.6. The fourth-order valence-electron chi connectivity index (χ4n) is 8.52. The van der Waals surface area contributed by atoms with Crippen molar-refractivity contribution in [3.8, 4) is 0 Å². The molecule has 5 aromatic rings. The quantitative estimate of drug-likeness (QED) is 0.0479. The summed E-state index contributed by atoms with van der Waals surface area (Å²) < 4.78 is 58.3. The maximum atomic E-state index is 14.3. The van der Waals surface area contributed by atoms with Crippen LogP contribution in [0.3, 0.4) is 0 Å². The van der Waals surface area contributed by atoms with Crippen molar-refractivity contribution < 1.29 is 62.1 Å². The second-order valence-electron chi connectivity index (χ2n) is 16.4. The van der Waals surface area contributed by atoms with E-state index in [9.17, 15) is 19.5 Å². The van der Waals surface area contributed by atoms with E-state index >= 15 is 0 Å². The average molecular weight is 914 g/mol. The molecule has 5 aromatic carbocycles. The molecule has 0 aromatic heterocycles. The molecule has 10 atom stereocenters. The molecule has 2 amide bonds.